The zero-order valence-corrected chi connectivity index (χ0v) is 17.2. The standard InChI is InChI=1S/C13H28O12P2/c1-5-7(2)8(3)13(25-27(19,20)21)11(15)10(24-26(16,17)18)9(6-14)23-12(13)22-4/h7-12,14-15,19-21H,5-6H2,1-4H3,(H-,16,17,18)/p+1/t7?,8?,9?,10-,11?,12+,13-/m1/s1. The minimum Gasteiger partial charge on any atom is -0.394 e. The van der Waals surface area contributed by atoms with Crippen molar-refractivity contribution in [1.82, 2.24) is 0 Å². The molecule has 0 aromatic heterocycles. The zero-order chi connectivity index (χ0) is 21.2. The number of hydrogen-bond acceptors (Lipinski definition) is 10. The van der Waals surface area contributed by atoms with Crippen LogP contribution in [0, 0.1) is 11.8 Å². The number of phosphoric ester groups is 1. The molecule has 7 N–H and O–H groups in total. The van der Waals surface area contributed by atoms with Crippen LogP contribution in [0.2, 0.25) is 0 Å². The van der Waals surface area contributed by atoms with Crippen LogP contribution in [0.5, 0.6) is 0 Å². The van der Waals surface area contributed by atoms with Crippen molar-refractivity contribution >= 4 is 16.0 Å². The van der Waals surface area contributed by atoms with E-state index >= 15 is 0 Å². The van der Waals surface area contributed by atoms with Crippen LogP contribution in [0.15, 0.2) is 0 Å². The average Bonchev–Trinajstić information content (AvgIpc) is 2.54. The van der Waals surface area contributed by atoms with Crippen LogP contribution in [0.4, 0.5) is 0 Å². The lowest BCUT2D eigenvalue weighted by atomic mass is 9.72. The Labute approximate surface area is 157 Å². The van der Waals surface area contributed by atoms with Crippen molar-refractivity contribution in [3.63, 3.8) is 0 Å². The molecular formula is C13H29O12P2+. The molecule has 1 fully saturated rings. The summed E-state index contributed by atoms with van der Waals surface area (Å²) >= 11 is 0. The highest BCUT2D eigenvalue weighted by Crippen LogP contribution is 2.57. The normalized spacial score (nSPS) is 35.1. The maximum atomic E-state index is 11.3. The first-order chi connectivity index (χ1) is 12.2. The van der Waals surface area contributed by atoms with Crippen LogP contribution in [0.1, 0.15) is 27.2 Å². The molecular weight excluding hydrogens is 410 g/mol. The Balaban J connectivity index is 3.54. The highest BCUT2D eigenvalue weighted by atomic mass is 31.2. The molecule has 7 atom stereocenters. The van der Waals surface area contributed by atoms with Gasteiger partial charge >= 0.3 is 16.0 Å². The van der Waals surface area contributed by atoms with E-state index in [0.29, 0.717) is 6.42 Å². The fourth-order valence-electron chi connectivity index (χ4n) is 3.29. The van der Waals surface area contributed by atoms with Gasteiger partial charge in [-0.2, -0.15) is 14.7 Å². The van der Waals surface area contributed by atoms with Gasteiger partial charge in [0.2, 0.25) is 5.60 Å². The lowest BCUT2D eigenvalue weighted by Crippen LogP contribution is -2.71. The summed E-state index contributed by atoms with van der Waals surface area (Å²) in [4.78, 5) is 46.9. The summed E-state index contributed by atoms with van der Waals surface area (Å²) < 4.78 is 31.6. The largest absolute Gasteiger partial charge is 0.568 e. The number of aliphatic hydroxyl groups excluding tert-OH is 2. The van der Waals surface area contributed by atoms with E-state index in [2.05, 4.69) is 4.52 Å². The zero-order valence-electron chi connectivity index (χ0n) is 15.4. The van der Waals surface area contributed by atoms with E-state index in [4.69, 9.17) is 23.8 Å². The number of aliphatic hydroxyl groups is 2. The molecule has 0 aliphatic carbocycles. The number of hydrogen-bond donors (Lipinski definition) is 7. The number of ether oxygens (including phenoxy) is 2. The third-order valence-corrected chi connectivity index (χ3v) is 6.03. The molecule has 0 radical (unpaired) electrons. The Morgan fingerprint density at radius 3 is 2.19 bits per heavy atom. The summed E-state index contributed by atoms with van der Waals surface area (Å²) in [7, 11) is -8.97. The van der Waals surface area contributed by atoms with Crippen molar-refractivity contribution in [3.8, 4) is 0 Å². The molecule has 0 aromatic carbocycles. The average molecular weight is 439 g/mol. The SMILES string of the molecule is CCC(C)C(C)[C@@]1(O[P+](O)(O)O)C(O)[C@H](OP(=O)(O)O)C(CO)O[C@@H]1OC. The Hall–Kier alpha value is 0.220. The minimum atomic E-state index is -5.14. The molecule has 4 unspecified atom stereocenters. The first-order valence-electron chi connectivity index (χ1n) is 8.22. The van der Waals surface area contributed by atoms with Crippen LogP contribution in [-0.4, -0.2) is 78.6 Å². The van der Waals surface area contributed by atoms with Gasteiger partial charge in [0, 0.05) is 13.0 Å². The summed E-state index contributed by atoms with van der Waals surface area (Å²) in [5.41, 5.74) is -2.18. The van der Waals surface area contributed by atoms with Crippen LogP contribution in [0.3, 0.4) is 0 Å². The quantitative estimate of drug-likeness (QED) is 0.223. The Kier molecular flexibility index (Phi) is 8.75. The summed E-state index contributed by atoms with van der Waals surface area (Å²) in [5.74, 6) is -1.04. The summed E-state index contributed by atoms with van der Waals surface area (Å²) in [5, 5.41) is 20.4. The number of phosphoric acid groups is 1. The summed E-state index contributed by atoms with van der Waals surface area (Å²) in [6, 6.07) is 0. The Bertz CT molecular complexity index is 522. The van der Waals surface area contributed by atoms with E-state index < -0.39 is 58.7 Å². The molecule has 1 aliphatic heterocycles. The molecule has 1 heterocycles. The molecule has 1 saturated heterocycles. The van der Waals surface area contributed by atoms with Gasteiger partial charge in [0.1, 0.15) is 18.3 Å². The van der Waals surface area contributed by atoms with Gasteiger partial charge < -0.3 is 29.5 Å². The van der Waals surface area contributed by atoms with E-state index in [1.807, 2.05) is 6.92 Å². The van der Waals surface area contributed by atoms with Gasteiger partial charge in [-0.3, -0.25) is 4.52 Å². The van der Waals surface area contributed by atoms with E-state index in [0.717, 1.165) is 7.11 Å². The third kappa shape index (κ3) is 5.86. The molecule has 27 heavy (non-hydrogen) atoms. The van der Waals surface area contributed by atoms with Crippen molar-refractivity contribution in [3.05, 3.63) is 0 Å². The summed E-state index contributed by atoms with van der Waals surface area (Å²) in [6.45, 7) is 4.31. The van der Waals surface area contributed by atoms with Gasteiger partial charge in [-0.1, -0.05) is 27.2 Å². The van der Waals surface area contributed by atoms with Gasteiger partial charge in [0.05, 0.1) is 6.61 Å². The molecule has 0 saturated carbocycles. The molecule has 1 aliphatic rings. The smallest absolute Gasteiger partial charge is 0.394 e. The lowest BCUT2D eigenvalue weighted by Gasteiger charge is -2.52. The van der Waals surface area contributed by atoms with E-state index in [1.165, 1.54) is 0 Å². The number of methoxy groups -OCH3 is 1. The topological polar surface area (TPSA) is 196 Å². The minimum absolute atomic E-state index is 0.256. The fourth-order valence-corrected chi connectivity index (χ4v) is 4.64. The molecule has 0 aromatic rings. The second kappa shape index (κ2) is 9.36. The molecule has 0 bridgehead atoms. The van der Waals surface area contributed by atoms with Gasteiger partial charge in [0.25, 0.3) is 0 Å². The van der Waals surface area contributed by atoms with Crippen LogP contribution < -0.4 is 0 Å². The maximum Gasteiger partial charge on any atom is 0.568 e. The van der Waals surface area contributed by atoms with Crippen molar-refractivity contribution in [2.24, 2.45) is 11.8 Å². The van der Waals surface area contributed by atoms with Crippen LogP contribution in [-0.2, 0) is 23.1 Å². The Morgan fingerprint density at radius 1 is 1.26 bits per heavy atom. The number of rotatable bonds is 9. The molecule has 1 rings (SSSR count). The van der Waals surface area contributed by atoms with Gasteiger partial charge in [-0.15, -0.1) is 4.52 Å². The second-order valence-corrected chi connectivity index (χ2v) is 8.96. The second-order valence-electron chi connectivity index (χ2n) is 6.56. The molecule has 162 valence electrons. The lowest BCUT2D eigenvalue weighted by molar-refractivity contribution is -0.344. The van der Waals surface area contributed by atoms with E-state index in [9.17, 15) is 29.5 Å². The van der Waals surface area contributed by atoms with Gasteiger partial charge in [-0.25, -0.2) is 4.57 Å². The highest BCUT2D eigenvalue weighted by Gasteiger charge is 2.67. The van der Waals surface area contributed by atoms with Gasteiger partial charge in [-0.05, 0) is 5.92 Å². The van der Waals surface area contributed by atoms with E-state index in [-0.39, 0.29) is 5.92 Å². The van der Waals surface area contributed by atoms with Crippen LogP contribution in [0.25, 0.3) is 0 Å². The summed E-state index contributed by atoms with van der Waals surface area (Å²) in [6.07, 6.45) is -6.22. The monoisotopic (exact) mass is 439 g/mol. The third-order valence-electron chi connectivity index (χ3n) is 4.95. The molecule has 14 heteroatoms. The molecule has 0 amide bonds. The van der Waals surface area contributed by atoms with Crippen molar-refractivity contribution < 1.29 is 57.8 Å². The van der Waals surface area contributed by atoms with E-state index in [1.54, 1.807) is 13.8 Å². The highest BCUT2D eigenvalue weighted by molar-refractivity contribution is 7.53. The van der Waals surface area contributed by atoms with Gasteiger partial charge in [0.15, 0.2) is 6.29 Å². The first kappa shape index (κ1) is 25.3. The predicted octanol–water partition coefficient (Wildman–Crippen LogP) is -0.719. The molecule has 0 spiro atoms. The fraction of sp³-hybridized carbons (Fsp3) is 1.00. The van der Waals surface area contributed by atoms with Crippen molar-refractivity contribution in [2.75, 3.05) is 13.7 Å². The Morgan fingerprint density at radius 2 is 1.81 bits per heavy atom. The predicted molar refractivity (Wildman–Crippen MR) is 91.7 cm³/mol. The molecule has 12 nitrogen and oxygen atoms in total. The van der Waals surface area contributed by atoms with Crippen molar-refractivity contribution in [2.45, 2.75) is 57.4 Å². The maximum absolute atomic E-state index is 11.3. The van der Waals surface area contributed by atoms with Crippen LogP contribution >= 0.6 is 16.0 Å². The first-order valence-corrected chi connectivity index (χ1v) is 11.3. The van der Waals surface area contributed by atoms with Crippen molar-refractivity contribution in [1.29, 1.82) is 0 Å².